The van der Waals surface area contributed by atoms with E-state index in [0.29, 0.717) is 24.8 Å². The molecule has 7 nitrogen and oxygen atoms in total. The monoisotopic (exact) mass is 502 g/mol. The fraction of sp³-hybridized carbons (Fsp3) is 0.708. The molecule has 4 fully saturated rings. The average molecular weight is 503 g/mol. The summed E-state index contributed by atoms with van der Waals surface area (Å²) in [4.78, 5) is 12.0. The SMILES string of the molecule is C1CC1.CC.COC1(C2COCCN2S(=O)(=O)c2ccc(Cl)cc2)CC1.O=CN1CCCC1. The highest BCUT2D eigenvalue weighted by atomic mass is 35.5. The van der Waals surface area contributed by atoms with Crippen LogP contribution in [0, 0.1) is 0 Å². The molecule has 0 N–H and O–H groups in total. The van der Waals surface area contributed by atoms with Gasteiger partial charge < -0.3 is 14.4 Å². The van der Waals surface area contributed by atoms with E-state index in [2.05, 4.69) is 0 Å². The number of carbonyl (C=O) groups excluding carboxylic acids is 1. The van der Waals surface area contributed by atoms with Crippen molar-refractivity contribution in [2.45, 2.75) is 75.3 Å². The van der Waals surface area contributed by atoms with E-state index < -0.39 is 10.0 Å². The predicted octanol–water partition coefficient (Wildman–Crippen LogP) is 4.34. The van der Waals surface area contributed by atoms with Crippen LogP contribution < -0.4 is 0 Å². The van der Waals surface area contributed by atoms with E-state index in [1.165, 1.54) is 48.5 Å². The molecule has 2 heterocycles. The number of nitrogens with zero attached hydrogens (tertiary/aromatic N) is 2. The first-order chi connectivity index (χ1) is 15.9. The highest BCUT2D eigenvalue weighted by Gasteiger charge is 2.55. The van der Waals surface area contributed by atoms with Gasteiger partial charge in [-0.15, -0.1) is 0 Å². The van der Waals surface area contributed by atoms with Crippen molar-refractivity contribution < 1.29 is 22.7 Å². The number of rotatable bonds is 5. The minimum absolute atomic E-state index is 0.255. The summed E-state index contributed by atoms with van der Waals surface area (Å²) in [6, 6.07) is 5.99. The number of halogens is 1. The summed E-state index contributed by atoms with van der Waals surface area (Å²) in [6.45, 7) is 7.08. The van der Waals surface area contributed by atoms with E-state index in [0.717, 1.165) is 32.3 Å². The third-order valence-corrected chi connectivity index (χ3v) is 8.07. The molecule has 1 amide bonds. The Labute approximate surface area is 204 Å². The summed E-state index contributed by atoms with van der Waals surface area (Å²) in [5, 5.41) is 0.517. The van der Waals surface area contributed by atoms with Gasteiger partial charge in [0.15, 0.2) is 0 Å². The highest BCUT2D eigenvalue weighted by Crippen LogP contribution is 2.46. The second-order valence-corrected chi connectivity index (χ2v) is 10.7. The van der Waals surface area contributed by atoms with Gasteiger partial charge in [-0.05, 0) is 49.9 Å². The minimum atomic E-state index is -3.57. The Morgan fingerprint density at radius 3 is 2.03 bits per heavy atom. The summed E-state index contributed by atoms with van der Waals surface area (Å²) in [7, 11) is -1.93. The minimum Gasteiger partial charge on any atom is -0.378 e. The number of morpholine rings is 1. The van der Waals surface area contributed by atoms with Crippen LogP contribution >= 0.6 is 11.6 Å². The Balaban J connectivity index is 0.000000263. The smallest absolute Gasteiger partial charge is 0.243 e. The molecule has 4 aliphatic rings. The van der Waals surface area contributed by atoms with Gasteiger partial charge in [-0.1, -0.05) is 44.7 Å². The van der Waals surface area contributed by atoms with E-state index in [4.69, 9.17) is 21.1 Å². The van der Waals surface area contributed by atoms with Crippen LogP contribution in [0.3, 0.4) is 0 Å². The largest absolute Gasteiger partial charge is 0.378 e. The Kier molecular flexibility index (Phi) is 11.6. The lowest BCUT2D eigenvalue weighted by molar-refractivity contribution is -0.117. The van der Waals surface area contributed by atoms with Gasteiger partial charge in [-0.2, -0.15) is 4.31 Å². The third kappa shape index (κ3) is 8.21. The van der Waals surface area contributed by atoms with Crippen LogP contribution in [0.1, 0.15) is 58.8 Å². The molecule has 2 aliphatic carbocycles. The van der Waals surface area contributed by atoms with Crippen molar-refractivity contribution in [2.24, 2.45) is 0 Å². The number of methoxy groups -OCH3 is 1. The van der Waals surface area contributed by atoms with Crippen LogP contribution in [0.5, 0.6) is 0 Å². The zero-order valence-corrected chi connectivity index (χ0v) is 21.7. The first-order valence-corrected chi connectivity index (χ1v) is 13.8. The lowest BCUT2D eigenvalue weighted by atomic mass is 10.1. The van der Waals surface area contributed by atoms with Gasteiger partial charge in [-0.25, -0.2) is 8.42 Å². The van der Waals surface area contributed by atoms with Gasteiger partial charge in [0.05, 0.1) is 29.8 Å². The quantitative estimate of drug-likeness (QED) is 0.560. The molecule has 1 aromatic carbocycles. The molecule has 33 heavy (non-hydrogen) atoms. The molecule has 5 rings (SSSR count). The number of ether oxygens (including phenoxy) is 2. The second-order valence-electron chi connectivity index (χ2n) is 8.34. The normalized spacial score (nSPS) is 23.0. The lowest BCUT2D eigenvalue weighted by Gasteiger charge is -2.38. The zero-order valence-electron chi connectivity index (χ0n) is 20.2. The fourth-order valence-electron chi connectivity index (χ4n) is 3.68. The van der Waals surface area contributed by atoms with Gasteiger partial charge in [0, 0.05) is 31.8 Å². The molecule has 2 saturated carbocycles. The number of hydrogen-bond acceptors (Lipinski definition) is 5. The standard InChI is InChI=1S/C14H18ClNO4S.C5H9NO.C3H6.C2H6/c1-19-14(6-7-14)13-10-20-9-8-16(13)21(17,18)12-4-2-11(15)3-5-12;7-5-6-3-1-2-4-6;1-2-3-1;1-2/h2-5,13H,6-10H2,1H3;5H,1-4H2;1-3H2;1-2H3. The van der Waals surface area contributed by atoms with Gasteiger partial charge in [0.1, 0.15) is 0 Å². The van der Waals surface area contributed by atoms with E-state index in [1.54, 1.807) is 24.1 Å². The van der Waals surface area contributed by atoms with Crippen LogP contribution in [-0.4, -0.2) is 75.6 Å². The van der Waals surface area contributed by atoms with E-state index >= 15 is 0 Å². The first kappa shape index (κ1) is 28.1. The number of likely N-dealkylation sites (tertiary alicyclic amines) is 1. The summed E-state index contributed by atoms with van der Waals surface area (Å²) < 4.78 is 38.3. The van der Waals surface area contributed by atoms with Gasteiger partial charge >= 0.3 is 0 Å². The summed E-state index contributed by atoms with van der Waals surface area (Å²) in [6.07, 6.45) is 9.54. The Hall–Kier alpha value is -1.19. The molecule has 1 aromatic rings. The lowest BCUT2D eigenvalue weighted by Crippen LogP contribution is -2.55. The van der Waals surface area contributed by atoms with Crippen LogP contribution in [0.15, 0.2) is 29.2 Å². The van der Waals surface area contributed by atoms with Crippen LogP contribution in [0.25, 0.3) is 0 Å². The molecule has 188 valence electrons. The maximum atomic E-state index is 12.9. The van der Waals surface area contributed by atoms with Crippen LogP contribution in [0.4, 0.5) is 0 Å². The Morgan fingerprint density at radius 1 is 1.03 bits per heavy atom. The zero-order chi connectivity index (χ0) is 24.3. The van der Waals surface area contributed by atoms with Crippen molar-refractivity contribution in [2.75, 3.05) is 40.0 Å². The third-order valence-electron chi connectivity index (χ3n) is 5.90. The van der Waals surface area contributed by atoms with Crippen molar-refractivity contribution in [3.8, 4) is 0 Å². The molecule has 2 saturated heterocycles. The van der Waals surface area contributed by atoms with Crippen molar-refractivity contribution in [3.63, 3.8) is 0 Å². The fourth-order valence-corrected chi connectivity index (χ4v) is 5.46. The number of amides is 1. The molecular formula is C24H39ClN2O5S. The number of carbonyl (C=O) groups is 1. The molecule has 9 heteroatoms. The molecule has 0 radical (unpaired) electrons. The maximum absolute atomic E-state index is 12.9. The van der Waals surface area contributed by atoms with E-state index in [-0.39, 0.29) is 16.5 Å². The number of benzene rings is 1. The molecule has 0 bridgehead atoms. The second kappa shape index (κ2) is 13.6. The van der Waals surface area contributed by atoms with E-state index in [9.17, 15) is 13.2 Å². The Morgan fingerprint density at radius 2 is 1.61 bits per heavy atom. The van der Waals surface area contributed by atoms with Crippen LogP contribution in [-0.2, 0) is 24.3 Å². The van der Waals surface area contributed by atoms with Crippen molar-refractivity contribution in [1.82, 2.24) is 9.21 Å². The van der Waals surface area contributed by atoms with Gasteiger partial charge in [0.2, 0.25) is 16.4 Å². The van der Waals surface area contributed by atoms with Crippen LogP contribution in [0.2, 0.25) is 5.02 Å². The highest BCUT2D eigenvalue weighted by molar-refractivity contribution is 7.89. The van der Waals surface area contributed by atoms with Gasteiger partial charge in [-0.3, -0.25) is 4.79 Å². The first-order valence-electron chi connectivity index (χ1n) is 12.0. The van der Waals surface area contributed by atoms with Crippen molar-refractivity contribution in [1.29, 1.82) is 0 Å². The molecule has 2 aliphatic heterocycles. The summed E-state index contributed by atoms with van der Waals surface area (Å²) >= 11 is 5.83. The maximum Gasteiger partial charge on any atom is 0.243 e. The van der Waals surface area contributed by atoms with Crippen molar-refractivity contribution in [3.05, 3.63) is 29.3 Å². The molecule has 1 unspecified atom stereocenters. The number of hydrogen-bond donors (Lipinski definition) is 0. The van der Waals surface area contributed by atoms with Gasteiger partial charge in [0.25, 0.3) is 0 Å². The summed E-state index contributed by atoms with van der Waals surface area (Å²) in [5.41, 5.74) is -0.389. The molecule has 1 atom stereocenters. The molecule has 0 spiro atoms. The summed E-state index contributed by atoms with van der Waals surface area (Å²) in [5.74, 6) is 0. The molecular weight excluding hydrogens is 464 g/mol. The van der Waals surface area contributed by atoms with E-state index in [1.807, 2.05) is 13.8 Å². The average Bonchev–Trinajstić information content (AvgIpc) is 3.80. The predicted molar refractivity (Wildman–Crippen MR) is 131 cm³/mol. The molecule has 0 aromatic heterocycles. The topological polar surface area (TPSA) is 76.1 Å². The number of sulfonamides is 1. The Bertz CT molecular complexity index is 804. The van der Waals surface area contributed by atoms with Crippen molar-refractivity contribution >= 4 is 28.0 Å².